The lowest BCUT2D eigenvalue weighted by Gasteiger charge is -2.18. The Morgan fingerprint density at radius 3 is 2.68 bits per heavy atom. The molecule has 2 N–H and O–H groups in total. The van der Waals surface area contributed by atoms with Crippen LogP contribution in [-0.4, -0.2) is 16.6 Å². The molecule has 1 aromatic heterocycles. The predicted octanol–water partition coefficient (Wildman–Crippen LogP) is 4.38. The Balaban J connectivity index is 0.00000116. The molecule has 1 heterocycles. The summed E-state index contributed by atoms with van der Waals surface area (Å²) in [4.78, 5) is 7.83. The van der Waals surface area contributed by atoms with Gasteiger partial charge >= 0.3 is 0 Å². The fourth-order valence-electron chi connectivity index (χ4n) is 1.72. The molecule has 0 radical (unpaired) electrons. The summed E-state index contributed by atoms with van der Waals surface area (Å²) >= 11 is 3.13. The van der Waals surface area contributed by atoms with E-state index in [1.165, 1.54) is 18.3 Å². The summed E-state index contributed by atoms with van der Waals surface area (Å²) in [6, 6.07) is 4.11. The number of nitrogens with two attached hydrogens (primary N) is 1. The Morgan fingerprint density at radius 1 is 1.36 bits per heavy atom. The molecule has 2 rings (SSSR count). The molecule has 0 amide bonds. The van der Waals surface area contributed by atoms with Gasteiger partial charge in [0, 0.05) is 5.56 Å². The van der Waals surface area contributed by atoms with E-state index in [-0.39, 0.29) is 11.7 Å². The van der Waals surface area contributed by atoms with Crippen LogP contribution in [0.25, 0.3) is 0 Å². The molecule has 0 fully saturated rings. The van der Waals surface area contributed by atoms with E-state index in [1.54, 1.807) is 13.0 Å². The van der Waals surface area contributed by atoms with Gasteiger partial charge in [0.05, 0.1) is 6.20 Å². The first kappa shape index (κ1) is 18.3. The third-order valence-corrected chi connectivity index (χ3v) is 3.10. The van der Waals surface area contributed by atoms with Crippen molar-refractivity contribution in [1.29, 1.82) is 0 Å². The van der Waals surface area contributed by atoms with Crippen molar-refractivity contribution >= 4 is 21.7 Å². The van der Waals surface area contributed by atoms with Gasteiger partial charge in [0.25, 0.3) is 5.88 Å². The molecule has 0 saturated heterocycles. The molecule has 1 atom stereocenters. The SMILES string of the molecule is CC.Cc1ccc(F)cc1C(CF)Oc1nc(Br)cnc1N. The number of nitrogens with zero attached hydrogens (tertiary/aromatic N) is 2. The minimum atomic E-state index is -0.989. The number of nitrogen functional groups attached to an aromatic ring is 1. The molecule has 2 aromatic rings. The van der Waals surface area contributed by atoms with Crippen LogP contribution in [0, 0.1) is 12.7 Å². The summed E-state index contributed by atoms with van der Waals surface area (Å²) in [5.74, 6) is -0.410. The van der Waals surface area contributed by atoms with Gasteiger partial charge in [-0.1, -0.05) is 19.9 Å². The molecule has 22 heavy (non-hydrogen) atoms. The van der Waals surface area contributed by atoms with Crippen molar-refractivity contribution in [2.24, 2.45) is 0 Å². The second-order valence-corrected chi connectivity index (χ2v) is 4.96. The number of hydrogen-bond donors (Lipinski definition) is 1. The largest absolute Gasteiger partial charge is 0.464 e. The lowest BCUT2D eigenvalue weighted by molar-refractivity contribution is 0.159. The van der Waals surface area contributed by atoms with Gasteiger partial charge in [-0.25, -0.2) is 18.7 Å². The Kier molecular flexibility index (Phi) is 7.17. The highest BCUT2D eigenvalue weighted by molar-refractivity contribution is 9.10. The third-order valence-electron chi connectivity index (χ3n) is 2.72. The zero-order valence-electron chi connectivity index (χ0n) is 12.6. The van der Waals surface area contributed by atoms with Crippen molar-refractivity contribution in [3.8, 4) is 5.88 Å². The number of anilines is 1. The van der Waals surface area contributed by atoms with Gasteiger partial charge in [-0.3, -0.25) is 0 Å². The van der Waals surface area contributed by atoms with Crippen molar-refractivity contribution in [3.63, 3.8) is 0 Å². The molecule has 4 nitrogen and oxygen atoms in total. The Hall–Kier alpha value is -1.76. The molecule has 1 aromatic carbocycles. The number of ether oxygens (including phenoxy) is 1. The van der Waals surface area contributed by atoms with Gasteiger partial charge in [0.2, 0.25) is 0 Å². The second kappa shape index (κ2) is 8.63. The molecule has 0 aliphatic heterocycles. The van der Waals surface area contributed by atoms with E-state index in [4.69, 9.17) is 10.5 Å². The summed E-state index contributed by atoms with van der Waals surface area (Å²) in [5.41, 5.74) is 6.75. The standard InChI is InChI=1S/C13H12BrF2N3O.C2H6/c1-7-2-3-8(16)4-9(7)10(5-15)20-13-12(17)18-6-11(14)19-13;1-2/h2-4,6,10H,5H2,1H3,(H2,17,18);1-2H3. The van der Waals surface area contributed by atoms with Gasteiger partial charge < -0.3 is 10.5 Å². The summed E-state index contributed by atoms with van der Waals surface area (Å²) in [6.07, 6.45) is 0.414. The van der Waals surface area contributed by atoms with Crippen LogP contribution in [0.1, 0.15) is 31.1 Å². The van der Waals surface area contributed by atoms with Crippen molar-refractivity contribution in [2.75, 3.05) is 12.4 Å². The number of rotatable bonds is 4. The van der Waals surface area contributed by atoms with Gasteiger partial charge in [0.1, 0.15) is 17.1 Å². The molecule has 0 bridgehead atoms. The van der Waals surface area contributed by atoms with Gasteiger partial charge in [-0.05, 0) is 40.5 Å². The van der Waals surface area contributed by atoms with Crippen LogP contribution in [0.4, 0.5) is 14.6 Å². The molecule has 120 valence electrons. The number of benzene rings is 1. The molecular formula is C15H18BrF2N3O. The predicted molar refractivity (Wildman–Crippen MR) is 86.0 cm³/mol. The van der Waals surface area contributed by atoms with E-state index in [1.807, 2.05) is 13.8 Å². The Morgan fingerprint density at radius 2 is 2.05 bits per heavy atom. The maximum Gasteiger partial charge on any atom is 0.259 e. The molecule has 0 spiro atoms. The van der Waals surface area contributed by atoms with Gasteiger partial charge in [0.15, 0.2) is 11.9 Å². The molecule has 0 saturated carbocycles. The van der Waals surface area contributed by atoms with Gasteiger partial charge in [-0.15, -0.1) is 0 Å². The van der Waals surface area contributed by atoms with Crippen LogP contribution in [0.15, 0.2) is 29.0 Å². The summed E-state index contributed by atoms with van der Waals surface area (Å²) < 4.78 is 32.4. The number of hydrogen-bond acceptors (Lipinski definition) is 4. The first-order chi connectivity index (χ1) is 10.5. The monoisotopic (exact) mass is 373 g/mol. The van der Waals surface area contributed by atoms with Crippen LogP contribution in [-0.2, 0) is 0 Å². The quantitative estimate of drug-likeness (QED) is 0.863. The van der Waals surface area contributed by atoms with E-state index in [2.05, 4.69) is 25.9 Å². The van der Waals surface area contributed by atoms with E-state index >= 15 is 0 Å². The normalized spacial score (nSPS) is 11.4. The number of aromatic nitrogens is 2. The molecule has 0 aliphatic carbocycles. The minimum absolute atomic E-state index is 0.00527. The van der Waals surface area contributed by atoms with Crippen molar-refractivity contribution < 1.29 is 13.5 Å². The maximum absolute atomic E-state index is 13.3. The molecular weight excluding hydrogens is 356 g/mol. The average molecular weight is 374 g/mol. The number of aryl methyl sites for hydroxylation is 1. The smallest absolute Gasteiger partial charge is 0.259 e. The summed E-state index contributed by atoms with van der Waals surface area (Å²) in [6.45, 7) is 4.91. The first-order valence-corrected chi connectivity index (χ1v) is 7.57. The highest BCUT2D eigenvalue weighted by Gasteiger charge is 2.19. The van der Waals surface area contributed by atoms with E-state index < -0.39 is 18.6 Å². The van der Waals surface area contributed by atoms with E-state index in [9.17, 15) is 8.78 Å². The third kappa shape index (κ3) is 4.62. The maximum atomic E-state index is 13.3. The second-order valence-electron chi connectivity index (χ2n) is 4.14. The first-order valence-electron chi connectivity index (χ1n) is 6.78. The Labute approximate surface area is 136 Å². The zero-order valence-corrected chi connectivity index (χ0v) is 14.2. The fraction of sp³-hybridized carbons (Fsp3) is 0.333. The molecule has 7 heteroatoms. The highest BCUT2D eigenvalue weighted by Crippen LogP contribution is 2.28. The lowest BCUT2D eigenvalue weighted by Crippen LogP contribution is -2.14. The van der Waals surface area contributed by atoms with Crippen LogP contribution in [0.2, 0.25) is 0 Å². The molecule has 1 unspecified atom stereocenters. The van der Waals surface area contributed by atoms with Crippen molar-refractivity contribution in [2.45, 2.75) is 26.9 Å². The van der Waals surface area contributed by atoms with Gasteiger partial charge in [-0.2, -0.15) is 0 Å². The molecule has 0 aliphatic rings. The topological polar surface area (TPSA) is 61.0 Å². The number of alkyl halides is 1. The summed E-state index contributed by atoms with van der Waals surface area (Å²) in [7, 11) is 0. The Bertz CT molecular complexity index is 626. The average Bonchev–Trinajstić information content (AvgIpc) is 2.52. The zero-order chi connectivity index (χ0) is 16.7. The van der Waals surface area contributed by atoms with Crippen LogP contribution >= 0.6 is 15.9 Å². The van der Waals surface area contributed by atoms with Crippen LogP contribution < -0.4 is 10.5 Å². The van der Waals surface area contributed by atoms with E-state index in [0.29, 0.717) is 10.2 Å². The van der Waals surface area contributed by atoms with Crippen molar-refractivity contribution in [1.82, 2.24) is 9.97 Å². The van der Waals surface area contributed by atoms with Crippen LogP contribution in [0.3, 0.4) is 0 Å². The highest BCUT2D eigenvalue weighted by atomic mass is 79.9. The van der Waals surface area contributed by atoms with Crippen molar-refractivity contribution in [3.05, 3.63) is 45.9 Å². The minimum Gasteiger partial charge on any atom is -0.464 e. The number of halogens is 3. The summed E-state index contributed by atoms with van der Waals surface area (Å²) in [5, 5.41) is 0. The van der Waals surface area contributed by atoms with Crippen LogP contribution in [0.5, 0.6) is 5.88 Å². The fourth-order valence-corrected chi connectivity index (χ4v) is 1.98. The lowest BCUT2D eigenvalue weighted by atomic mass is 10.0. The van der Waals surface area contributed by atoms with E-state index in [0.717, 1.165) is 5.56 Å².